The van der Waals surface area contributed by atoms with Crippen molar-refractivity contribution >= 4 is 17.5 Å². The number of nitrogens with zero attached hydrogens (tertiary/aromatic N) is 4. The Hall–Kier alpha value is -2.58. The Labute approximate surface area is 176 Å². The molecule has 8 nitrogen and oxygen atoms in total. The van der Waals surface area contributed by atoms with Crippen LogP contribution in [0.2, 0.25) is 0 Å². The van der Waals surface area contributed by atoms with E-state index in [1.807, 2.05) is 13.0 Å². The number of amides is 1. The molecule has 2 N–H and O–H groups in total. The number of carbonyl (C=O) groups excluding carboxylic acids is 1. The molecule has 0 saturated carbocycles. The van der Waals surface area contributed by atoms with Gasteiger partial charge in [-0.25, -0.2) is 9.97 Å². The third-order valence-electron chi connectivity index (χ3n) is 5.92. The Bertz CT molecular complexity index is 904. The van der Waals surface area contributed by atoms with E-state index in [0.29, 0.717) is 28.9 Å². The number of rotatable bonds is 5. The number of fused-ring (bicyclic) bond motifs is 1. The highest BCUT2D eigenvalue weighted by Gasteiger charge is 2.32. The lowest BCUT2D eigenvalue weighted by molar-refractivity contribution is -0.117. The molecule has 2 aromatic heterocycles. The number of ether oxygens (including phenoxy) is 1. The van der Waals surface area contributed by atoms with Crippen LogP contribution < -0.4 is 10.2 Å². The van der Waals surface area contributed by atoms with Gasteiger partial charge < -0.3 is 20.1 Å². The molecule has 160 valence electrons. The Balaban J connectivity index is 1.59. The number of aliphatic hydroxyl groups is 1. The minimum atomic E-state index is -0.999. The first-order valence-electron chi connectivity index (χ1n) is 10.5. The number of carbonyl (C=O) groups is 1. The van der Waals surface area contributed by atoms with Gasteiger partial charge in [-0.2, -0.15) is 0 Å². The normalized spacial score (nSPS) is 20.1. The van der Waals surface area contributed by atoms with Crippen LogP contribution in [-0.4, -0.2) is 51.8 Å². The van der Waals surface area contributed by atoms with Crippen LogP contribution in [0.4, 0.5) is 11.6 Å². The summed E-state index contributed by atoms with van der Waals surface area (Å²) in [6, 6.07) is 3.37. The zero-order valence-electron chi connectivity index (χ0n) is 17.8. The number of hydrogen-bond donors (Lipinski definition) is 2. The number of anilines is 2. The second-order valence-electron chi connectivity index (χ2n) is 8.62. The Morgan fingerprint density at radius 2 is 2.00 bits per heavy atom. The average molecular weight is 412 g/mol. The molecule has 30 heavy (non-hydrogen) atoms. The van der Waals surface area contributed by atoms with Crippen molar-refractivity contribution in [2.45, 2.75) is 51.7 Å². The molecule has 0 aliphatic carbocycles. The number of aromatic nitrogens is 3. The van der Waals surface area contributed by atoms with Crippen molar-refractivity contribution < 1.29 is 14.6 Å². The Morgan fingerprint density at radius 3 is 2.67 bits per heavy atom. The third kappa shape index (κ3) is 4.29. The number of pyridine rings is 1. The smallest absolute Gasteiger partial charge is 0.248 e. The van der Waals surface area contributed by atoms with Crippen LogP contribution in [0.15, 0.2) is 24.5 Å². The molecule has 0 spiro atoms. The molecule has 2 aliphatic heterocycles. The minimum absolute atomic E-state index is 0.0623. The van der Waals surface area contributed by atoms with Gasteiger partial charge in [-0.15, -0.1) is 0 Å². The summed E-state index contributed by atoms with van der Waals surface area (Å²) in [7, 11) is 0. The maximum absolute atomic E-state index is 12.4. The van der Waals surface area contributed by atoms with Crippen molar-refractivity contribution in [3.63, 3.8) is 0 Å². The standard InChI is InChI=1S/C22H29N5O3/c1-14-21(28)26-19-20(27(14)9-6-15-7-10-30-11-8-15)25-17(13-24-19)16-4-5-18(23-12-16)22(2,3)29/h4-5,12-15,29H,6-11H2,1-3H3,(H,24,26,28). The fourth-order valence-electron chi connectivity index (χ4n) is 3.92. The summed E-state index contributed by atoms with van der Waals surface area (Å²) in [5.74, 6) is 1.73. The first kappa shape index (κ1) is 20.7. The largest absolute Gasteiger partial charge is 0.384 e. The predicted molar refractivity (Wildman–Crippen MR) is 114 cm³/mol. The predicted octanol–water partition coefficient (Wildman–Crippen LogP) is 2.73. The van der Waals surface area contributed by atoms with Crippen LogP contribution in [0, 0.1) is 5.92 Å². The van der Waals surface area contributed by atoms with Gasteiger partial charge in [-0.05, 0) is 58.1 Å². The molecule has 8 heteroatoms. The fourth-order valence-corrected chi connectivity index (χ4v) is 3.92. The number of nitrogens with one attached hydrogen (secondary N) is 1. The van der Waals surface area contributed by atoms with Crippen molar-refractivity contribution in [3.05, 3.63) is 30.2 Å². The lowest BCUT2D eigenvalue weighted by atomic mass is 9.96. The maximum atomic E-state index is 12.4. The Morgan fingerprint density at radius 1 is 1.23 bits per heavy atom. The van der Waals surface area contributed by atoms with E-state index in [2.05, 4.69) is 20.2 Å². The second kappa shape index (κ2) is 8.28. The summed E-state index contributed by atoms with van der Waals surface area (Å²) in [4.78, 5) is 28.1. The highest BCUT2D eigenvalue weighted by Crippen LogP contribution is 2.32. The van der Waals surface area contributed by atoms with Crippen molar-refractivity contribution in [1.82, 2.24) is 15.0 Å². The first-order chi connectivity index (χ1) is 14.3. The van der Waals surface area contributed by atoms with Crippen molar-refractivity contribution in [3.8, 4) is 11.3 Å². The van der Waals surface area contributed by atoms with Gasteiger partial charge in [-0.3, -0.25) is 9.78 Å². The molecule has 1 unspecified atom stereocenters. The lowest BCUT2D eigenvalue weighted by Gasteiger charge is -2.36. The van der Waals surface area contributed by atoms with Gasteiger partial charge in [0, 0.05) is 31.5 Å². The molecule has 1 atom stereocenters. The molecule has 4 rings (SSSR count). The second-order valence-corrected chi connectivity index (χ2v) is 8.62. The highest BCUT2D eigenvalue weighted by atomic mass is 16.5. The van der Waals surface area contributed by atoms with Gasteiger partial charge >= 0.3 is 0 Å². The summed E-state index contributed by atoms with van der Waals surface area (Å²) in [5.41, 5.74) is 1.09. The van der Waals surface area contributed by atoms with E-state index >= 15 is 0 Å². The molecular weight excluding hydrogens is 382 g/mol. The van der Waals surface area contributed by atoms with Gasteiger partial charge in [0.1, 0.15) is 11.6 Å². The zero-order chi connectivity index (χ0) is 21.3. The van der Waals surface area contributed by atoms with Gasteiger partial charge in [0.25, 0.3) is 0 Å². The summed E-state index contributed by atoms with van der Waals surface area (Å²) < 4.78 is 5.46. The molecule has 1 fully saturated rings. The maximum Gasteiger partial charge on any atom is 0.248 e. The van der Waals surface area contributed by atoms with Gasteiger partial charge in [-0.1, -0.05) is 0 Å². The molecule has 0 aromatic carbocycles. The molecule has 1 saturated heterocycles. The van der Waals surface area contributed by atoms with Crippen molar-refractivity contribution in [2.75, 3.05) is 30.0 Å². The van der Waals surface area contributed by atoms with E-state index in [0.717, 1.165) is 44.6 Å². The van der Waals surface area contributed by atoms with Gasteiger partial charge in [0.05, 0.1) is 17.6 Å². The molecule has 4 heterocycles. The van der Waals surface area contributed by atoms with Crippen LogP contribution in [0.3, 0.4) is 0 Å². The third-order valence-corrected chi connectivity index (χ3v) is 5.92. The van der Waals surface area contributed by atoms with Gasteiger partial charge in [0.2, 0.25) is 5.91 Å². The minimum Gasteiger partial charge on any atom is -0.384 e. The van der Waals surface area contributed by atoms with Crippen molar-refractivity contribution in [2.24, 2.45) is 5.92 Å². The molecule has 1 amide bonds. The van der Waals surface area contributed by atoms with Crippen LogP contribution in [0.5, 0.6) is 0 Å². The zero-order valence-corrected chi connectivity index (χ0v) is 17.8. The summed E-state index contributed by atoms with van der Waals surface area (Å²) in [6.07, 6.45) is 6.46. The Kier molecular flexibility index (Phi) is 5.71. The topological polar surface area (TPSA) is 100 Å². The molecule has 0 radical (unpaired) electrons. The van der Waals surface area contributed by atoms with Crippen molar-refractivity contribution in [1.29, 1.82) is 0 Å². The summed E-state index contributed by atoms with van der Waals surface area (Å²) in [6.45, 7) is 7.68. The van der Waals surface area contributed by atoms with E-state index in [1.165, 1.54) is 0 Å². The van der Waals surface area contributed by atoms with E-state index in [-0.39, 0.29) is 11.9 Å². The molecule has 0 bridgehead atoms. The SMILES string of the molecule is CC1C(=O)Nc2ncc(-c3ccc(C(C)(C)O)nc3)nc2N1CCC1CCOCC1. The number of hydrogen-bond acceptors (Lipinski definition) is 7. The monoisotopic (exact) mass is 411 g/mol. The first-order valence-corrected chi connectivity index (χ1v) is 10.5. The molecular formula is C22H29N5O3. The van der Waals surface area contributed by atoms with Gasteiger partial charge in [0.15, 0.2) is 11.6 Å². The average Bonchev–Trinajstić information content (AvgIpc) is 2.74. The highest BCUT2D eigenvalue weighted by molar-refractivity contribution is 6.01. The van der Waals surface area contributed by atoms with E-state index in [9.17, 15) is 9.90 Å². The molecule has 2 aliphatic rings. The summed E-state index contributed by atoms with van der Waals surface area (Å²) in [5, 5.41) is 13.0. The van der Waals surface area contributed by atoms with Crippen LogP contribution in [0.25, 0.3) is 11.3 Å². The van der Waals surface area contributed by atoms with Crippen LogP contribution >= 0.6 is 0 Å². The van der Waals surface area contributed by atoms with E-state index < -0.39 is 5.60 Å². The molecule has 2 aromatic rings. The summed E-state index contributed by atoms with van der Waals surface area (Å²) >= 11 is 0. The van der Waals surface area contributed by atoms with Crippen LogP contribution in [-0.2, 0) is 15.1 Å². The fraction of sp³-hybridized carbons (Fsp3) is 0.545. The van der Waals surface area contributed by atoms with E-state index in [1.54, 1.807) is 32.3 Å². The van der Waals surface area contributed by atoms with E-state index in [4.69, 9.17) is 9.72 Å². The lowest BCUT2D eigenvalue weighted by Crippen LogP contribution is -2.48. The van der Waals surface area contributed by atoms with Crippen LogP contribution in [0.1, 0.15) is 45.7 Å². The quantitative estimate of drug-likeness (QED) is 0.780.